The number of carbonyl (C=O) groups is 1. The second-order valence-electron chi connectivity index (χ2n) is 10.9. The van der Waals surface area contributed by atoms with Crippen LogP contribution in [0.5, 0.6) is 5.75 Å². The van der Waals surface area contributed by atoms with Crippen molar-refractivity contribution in [3.8, 4) is 39.7 Å². The lowest BCUT2D eigenvalue weighted by Gasteiger charge is -2.12. The summed E-state index contributed by atoms with van der Waals surface area (Å²) in [6.45, 7) is 4.83. The fourth-order valence-electron chi connectivity index (χ4n) is 4.76. The van der Waals surface area contributed by atoms with Gasteiger partial charge in [0.15, 0.2) is 0 Å². The molecule has 0 fully saturated rings. The van der Waals surface area contributed by atoms with Crippen LogP contribution in [0.4, 0.5) is 10.1 Å². The van der Waals surface area contributed by atoms with Crippen molar-refractivity contribution in [2.45, 2.75) is 13.8 Å². The minimum absolute atomic E-state index is 0.0847. The van der Waals surface area contributed by atoms with E-state index in [-0.39, 0.29) is 11.8 Å². The summed E-state index contributed by atoms with van der Waals surface area (Å²) in [6, 6.07) is 12.3. The number of halogens is 1. The molecular formula is C32H31FN8O2. The lowest BCUT2D eigenvalue weighted by Crippen LogP contribution is -2.19. The molecule has 0 spiro atoms. The molecule has 0 atom stereocenters. The molecule has 5 heterocycles. The molecule has 0 bridgehead atoms. The first-order chi connectivity index (χ1) is 20.7. The maximum absolute atomic E-state index is 14.6. The van der Waals surface area contributed by atoms with Crippen LogP contribution in [0, 0.1) is 11.7 Å². The van der Waals surface area contributed by atoms with Gasteiger partial charge in [0.25, 0.3) is 0 Å². The molecule has 0 aliphatic carbocycles. The Labute approximate surface area is 247 Å². The van der Waals surface area contributed by atoms with E-state index >= 15 is 0 Å². The number of aromatic nitrogens is 6. The van der Waals surface area contributed by atoms with Crippen molar-refractivity contribution >= 4 is 33.4 Å². The quantitative estimate of drug-likeness (QED) is 0.195. The number of hydrogen-bond acceptors (Lipinski definition) is 7. The Morgan fingerprint density at radius 1 is 0.977 bits per heavy atom. The van der Waals surface area contributed by atoms with Crippen molar-refractivity contribution in [3.05, 3.63) is 73.1 Å². The van der Waals surface area contributed by atoms with E-state index in [4.69, 9.17) is 4.74 Å². The van der Waals surface area contributed by atoms with Crippen LogP contribution >= 0.6 is 0 Å². The fourth-order valence-corrected chi connectivity index (χ4v) is 4.76. The van der Waals surface area contributed by atoms with E-state index in [1.165, 1.54) is 12.1 Å². The number of nitrogens with zero attached hydrogens (tertiary/aromatic N) is 5. The molecule has 1 amide bonds. The maximum Gasteiger partial charge on any atom is 0.226 e. The average Bonchev–Trinajstić information content (AvgIpc) is 3.60. The Morgan fingerprint density at radius 3 is 2.63 bits per heavy atom. The summed E-state index contributed by atoms with van der Waals surface area (Å²) in [7, 11) is 3.91. The summed E-state index contributed by atoms with van der Waals surface area (Å²) < 4.78 is 20.4. The van der Waals surface area contributed by atoms with Gasteiger partial charge in [-0.25, -0.2) is 4.39 Å². The van der Waals surface area contributed by atoms with Gasteiger partial charge in [-0.1, -0.05) is 13.8 Å². The Balaban J connectivity index is 1.36. The van der Waals surface area contributed by atoms with E-state index in [0.717, 1.165) is 33.1 Å². The number of aromatic amines is 2. The first-order valence-corrected chi connectivity index (χ1v) is 13.9. The van der Waals surface area contributed by atoms with Crippen molar-refractivity contribution in [1.29, 1.82) is 0 Å². The summed E-state index contributed by atoms with van der Waals surface area (Å²) >= 11 is 0. The molecule has 0 aliphatic rings. The molecule has 5 aromatic heterocycles. The van der Waals surface area contributed by atoms with Gasteiger partial charge in [0.1, 0.15) is 23.9 Å². The van der Waals surface area contributed by atoms with Gasteiger partial charge in [0.2, 0.25) is 5.91 Å². The van der Waals surface area contributed by atoms with E-state index in [0.29, 0.717) is 47.2 Å². The summed E-state index contributed by atoms with van der Waals surface area (Å²) in [5.41, 5.74) is 6.35. The maximum atomic E-state index is 14.6. The first-order valence-electron chi connectivity index (χ1n) is 13.9. The molecule has 43 heavy (non-hydrogen) atoms. The number of amides is 1. The number of rotatable bonds is 9. The lowest BCUT2D eigenvalue weighted by molar-refractivity contribution is -0.118. The van der Waals surface area contributed by atoms with E-state index in [1.54, 1.807) is 30.9 Å². The van der Waals surface area contributed by atoms with Gasteiger partial charge in [-0.2, -0.15) is 5.10 Å². The normalized spacial score (nSPS) is 11.6. The molecule has 3 N–H and O–H groups in total. The third-order valence-electron chi connectivity index (χ3n) is 7.03. The number of carbonyl (C=O) groups excluding carboxylic acids is 1. The molecule has 10 nitrogen and oxygen atoms in total. The van der Waals surface area contributed by atoms with Crippen LogP contribution in [0.25, 0.3) is 55.7 Å². The third kappa shape index (κ3) is 5.93. The van der Waals surface area contributed by atoms with Crippen LogP contribution < -0.4 is 10.1 Å². The SMILES string of the molecule is CC(C)C(=O)Nc1cncc(-c2cc3c(-c4cc5c(-c6cc(F)cc(OCCN(C)C)c6)nccc5[nH]4)n[nH]c3cn2)c1. The Hall–Kier alpha value is -5.16. The van der Waals surface area contributed by atoms with Crippen molar-refractivity contribution in [1.82, 2.24) is 35.0 Å². The summed E-state index contributed by atoms with van der Waals surface area (Å²) in [5, 5.41) is 12.2. The Kier molecular flexibility index (Phi) is 7.56. The van der Waals surface area contributed by atoms with Crippen molar-refractivity contribution in [3.63, 3.8) is 0 Å². The van der Waals surface area contributed by atoms with Gasteiger partial charge in [-0.15, -0.1) is 0 Å². The van der Waals surface area contributed by atoms with Crippen LogP contribution in [-0.2, 0) is 4.79 Å². The van der Waals surface area contributed by atoms with E-state index < -0.39 is 5.82 Å². The standard InChI is InChI=1S/C32H31FN8O2/c1-18(2)32(42)37-22-10-20(15-34-16-22)27-13-25-29(17-36-27)39-40-31(25)28-14-24-26(38-28)5-6-35-30(24)19-9-21(33)12-23(11-19)43-8-7-41(3)4/h5-6,9-18,38H,7-8H2,1-4H3,(H,37,42)(H,39,40). The lowest BCUT2D eigenvalue weighted by atomic mass is 10.1. The van der Waals surface area contributed by atoms with Crippen molar-refractivity contribution in [2.24, 2.45) is 5.92 Å². The van der Waals surface area contributed by atoms with Gasteiger partial charge in [0, 0.05) is 58.3 Å². The van der Waals surface area contributed by atoms with E-state index in [2.05, 4.69) is 35.5 Å². The monoisotopic (exact) mass is 578 g/mol. The molecule has 0 unspecified atom stereocenters. The highest BCUT2D eigenvalue weighted by molar-refractivity contribution is 6.00. The summed E-state index contributed by atoms with van der Waals surface area (Å²) in [5.74, 6) is -0.180. The number of anilines is 1. The van der Waals surface area contributed by atoms with Crippen molar-refractivity contribution in [2.75, 3.05) is 32.6 Å². The molecule has 0 aliphatic heterocycles. The van der Waals surface area contributed by atoms with Crippen molar-refractivity contribution < 1.29 is 13.9 Å². The zero-order valence-corrected chi connectivity index (χ0v) is 24.3. The van der Waals surface area contributed by atoms with Gasteiger partial charge >= 0.3 is 0 Å². The molecule has 0 radical (unpaired) electrons. The zero-order valence-electron chi connectivity index (χ0n) is 24.3. The third-order valence-corrected chi connectivity index (χ3v) is 7.03. The molecule has 11 heteroatoms. The van der Waals surface area contributed by atoms with Crippen LogP contribution in [0.2, 0.25) is 0 Å². The van der Waals surface area contributed by atoms with Crippen LogP contribution in [0.3, 0.4) is 0 Å². The molecule has 218 valence electrons. The minimum Gasteiger partial charge on any atom is -0.492 e. The molecular weight excluding hydrogens is 547 g/mol. The highest BCUT2D eigenvalue weighted by atomic mass is 19.1. The second-order valence-corrected chi connectivity index (χ2v) is 10.9. The second kappa shape index (κ2) is 11.6. The molecule has 6 rings (SSSR count). The van der Waals surface area contributed by atoms with E-state index in [1.807, 2.05) is 57.1 Å². The summed E-state index contributed by atoms with van der Waals surface area (Å²) in [4.78, 5) is 31.1. The largest absolute Gasteiger partial charge is 0.492 e. The van der Waals surface area contributed by atoms with Gasteiger partial charge < -0.3 is 19.9 Å². The number of hydrogen-bond donors (Lipinski definition) is 3. The Morgan fingerprint density at radius 2 is 1.81 bits per heavy atom. The number of pyridine rings is 3. The topological polar surface area (TPSA) is 125 Å². The van der Waals surface area contributed by atoms with Gasteiger partial charge in [-0.3, -0.25) is 24.8 Å². The van der Waals surface area contributed by atoms with Gasteiger partial charge in [0.05, 0.1) is 40.7 Å². The molecule has 1 aromatic carbocycles. The number of nitrogens with one attached hydrogen (secondary N) is 3. The molecule has 6 aromatic rings. The number of fused-ring (bicyclic) bond motifs is 2. The minimum atomic E-state index is -0.396. The fraction of sp³-hybridized carbons (Fsp3) is 0.219. The van der Waals surface area contributed by atoms with Crippen LogP contribution in [0.15, 0.2) is 67.3 Å². The van der Waals surface area contributed by atoms with Crippen LogP contribution in [-0.4, -0.2) is 68.2 Å². The smallest absolute Gasteiger partial charge is 0.226 e. The molecule has 0 saturated heterocycles. The number of ether oxygens (including phenoxy) is 1. The predicted molar refractivity (Wildman–Crippen MR) is 165 cm³/mol. The number of likely N-dealkylation sites (N-methyl/N-ethyl adjacent to an activating group) is 1. The first kappa shape index (κ1) is 28.0. The molecule has 0 saturated carbocycles. The highest BCUT2D eigenvalue weighted by Crippen LogP contribution is 2.35. The van der Waals surface area contributed by atoms with Gasteiger partial charge in [-0.05, 0) is 50.5 Å². The highest BCUT2D eigenvalue weighted by Gasteiger charge is 2.17. The van der Waals surface area contributed by atoms with Crippen LogP contribution in [0.1, 0.15) is 13.8 Å². The number of H-pyrrole nitrogens is 2. The summed E-state index contributed by atoms with van der Waals surface area (Å²) in [6.07, 6.45) is 6.73. The number of benzene rings is 1. The van der Waals surface area contributed by atoms with E-state index in [9.17, 15) is 9.18 Å². The predicted octanol–water partition coefficient (Wildman–Crippen LogP) is 5.90. The Bertz CT molecular complexity index is 1950. The zero-order chi connectivity index (χ0) is 30.1. The average molecular weight is 579 g/mol.